The summed E-state index contributed by atoms with van der Waals surface area (Å²) in [5, 5.41) is 10.9. The van der Waals surface area contributed by atoms with Crippen LogP contribution in [0.25, 0.3) is 0 Å². The lowest BCUT2D eigenvalue weighted by Crippen LogP contribution is -2.40. The maximum Gasteiger partial charge on any atom is 0.129 e. The summed E-state index contributed by atoms with van der Waals surface area (Å²) in [6.07, 6.45) is 6.11. The standard InChI is InChI=1S/C23H32ClNO2S/c1-4-12-23(25,13-5-2)14-11-17-7-9-19(16-20(17)24)28-22-15-18(27-6-3)8-10-21(22)26/h7-10,15-16,26H,4-6,11-14,25H2,1-3H3. The Kier molecular flexibility index (Phi) is 9.00. The van der Waals surface area contributed by atoms with Gasteiger partial charge in [-0.15, -0.1) is 0 Å². The number of phenolic OH excluding ortho intramolecular Hbond substituents is 1. The summed E-state index contributed by atoms with van der Waals surface area (Å²) in [7, 11) is 0. The lowest BCUT2D eigenvalue weighted by Gasteiger charge is -2.29. The predicted octanol–water partition coefficient (Wildman–Crippen LogP) is 6.83. The highest BCUT2D eigenvalue weighted by molar-refractivity contribution is 7.99. The zero-order valence-electron chi connectivity index (χ0n) is 17.1. The number of ether oxygens (including phenoxy) is 1. The van der Waals surface area contributed by atoms with E-state index >= 15 is 0 Å². The molecule has 0 heterocycles. The first-order chi connectivity index (χ1) is 13.4. The molecule has 0 atom stereocenters. The number of hydrogen-bond acceptors (Lipinski definition) is 4. The number of hydrogen-bond donors (Lipinski definition) is 2. The highest BCUT2D eigenvalue weighted by atomic mass is 35.5. The Balaban J connectivity index is 2.09. The molecule has 3 N–H and O–H groups in total. The van der Waals surface area contributed by atoms with Crippen molar-refractivity contribution in [3.05, 3.63) is 47.0 Å². The fourth-order valence-corrected chi connectivity index (χ4v) is 4.76. The van der Waals surface area contributed by atoms with Gasteiger partial charge in [0.25, 0.3) is 0 Å². The van der Waals surface area contributed by atoms with Crippen molar-refractivity contribution in [3.8, 4) is 11.5 Å². The molecule has 154 valence electrons. The average Bonchev–Trinajstić information content (AvgIpc) is 2.64. The van der Waals surface area contributed by atoms with Gasteiger partial charge in [-0.3, -0.25) is 0 Å². The number of benzene rings is 2. The van der Waals surface area contributed by atoms with Crippen molar-refractivity contribution in [3.63, 3.8) is 0 Å². The van der Waals surface area contributed by atoms with Crippen LogP contribution in [0.2, 0.25) is 5.02 Å². The first-order valence-corrected chi connectivity index (χ1v) is 11.3. The van der Waals surface area contributed by atoms with E-state index in [4.69, 9.17) is 22.1 Å². The number of rotatable bonds is 11. The van der Waals surface area contributed by atoms with E-state index < -0.39 is 0 Å². The normalized spacial score (nSPS) is 11.6. The third-order valence-electron chi connectivity index (χ3n) is 4.88. The second-order valence-electron chi connectivity index (χ2n) is 7.28. The van der Waals surface area contributed by atoms with Gasteiger partial charge in [-0.25, -0.2) is 0 Å². The molecule has 0 aromatic heterocycles. The second-order valence-corrected chi connectivity index (χ2v) is 8.80. The highest BCUT2D eigenvalue weighted by Crippen LogP contribution is 2.38. The molecule has 2 aromatic rings. The Labute approximate surface area is 178 Å². The molecular formula is C23H32ClNO2S. The van der Waals surface area contributed by atoms with Crippen LogP contribution in [0.15, 0.2) is 46.2 Å². The fraction of sp³-hybridized carbons (Fsp3) is 0.478. The maximum absolute atomic E-state index is 10.1. The van der Waals surface area contributed by atoms with Gasteiger partial charge in [-0.1, -0.05) is 56.1 Å². The van der Waals surface area contributed by atoms with Crippen LogP contribution in [0.5, 0.6) is 11.5 Å². The number of aryl methyl sites for hydroxylation is 1. The molecule has 0 fully saturated rings. The van der Waals surface area contributed by atoms with Crippen LogP contribution < -0.4 is 10.5 Å². The zero-order chi connectivity index (χ0) is 20.6. The van der Waals surface area contributed by atoms with Crippen LogP contribution in [0.4, 0.5) is 0 Å². The van der Waals surface area contributed by atoms with Crippen LogP contribution >= 0.6 is 23.4 Å². The van der Waals surface area contributed by atoms with E-state index in [1.54, 1.807) is 12.1 Å². The summed E-state index contributed by atoms with van der Waals surface area (Å²) in [6.45, 7) is 6.90. The van der Waals surface area contributed by atoms with E-state index in [1.807, 2.05) is 19.1 Å². The predicted molar refractivity (Wildman–Crippen MR) is 120 cm³/mol. The van der Waals surface area contributed by atoms with Gasteiger partial charge in [0.2, 0.25) is 0 Å². The second kappa shape index (κ2) is 11.0. The molecule has 28 heavy (non-hydrogen) atoms. The van der Waals surface area contributed by atoms with Gasteiger partial charge in [-0.05, 0) is 68.5 Å². The minimum atomic E-state index is -0.105. The van der Waals surface area contributed by atoms with Gasteiger partial charge < -0.3 is 15.6 Å². The molecule has 3 nitrogen and oxygen atoms in total. The van der Waals surface area contributed by atoms with Crippen molar-refractivity contribution in [2.75, 3.05) is 6.61 Å². The lowest BCUT2D eigenvalue weighted by molar-refractivity contribution is 0.333. The van der Waals surface area contributed by atoms with Crippen LogP contribution in [0.3, 0.4) is 0 Å². The molecule has 0 saturated carbocycles. The highest BCUT2D eigenvalue weighted by Gasteiger charge is 2.23. The van der Waals surface area contributed by atoms with Gasteiger partial charge in [0.1, 0.15) is 11.5 Å². The summed E-state index contributed by atoms with van der Waals surface area (Å²) in [4.78, 5) is 1.74. The fourth-order valence-electron chi connectivity index (χ4n) is 3.51. The molecular weight excluding hydrogens is 390 g/mol. The molecule has 0 aliphatic carbocycles. The van der Waals surface area contributed by atoms with Gasteiger partial charge in [0.05, 0.1) is 11.5 Å². The molecule has 0 radical (unpaired) electrons. The molecule has 0 amide bonds. The number of nitrogens with two attached hydrogens (primary N) is 1. The smallest absolute Gasteiger partial charge is 0.129 e. The zero-order valence-corrected chi connectivity index (χ0v) is 18.7. The molecule has 2 aromatic carbocycles. The van der Waals surface area contributed by atoms with Crippen molar-refractivity contribution in [2.24, 2.45) is 5.73 Å². The Hall–Kier alpha value is -1.36. The summed E-state index contributed by atoms with van der Waals surface area (Å²) in [5.74, 6) is 0.984. The molecule has 0 saturated heterocycles. The van der Waals surface area contributed by atoms with Gasteiger partial charge >= 0.3 is 0 Å². The van der Waals surface area contributed by atoms with Gasteiger partial charge in [0.15, 0.2) is 0 Å². The van der Waals surface area contributed by atoms with Gasteiger partial charge in [-0.2, -0.15) is 0 Å². The Morgan fingerprint density at radius 1 is 1.04 bits per heavy atom. The van der Waals surface area contributed by atoms with Crippen LogP contribution in [0, 0.1) is 0 Å². The lowest BCUT2D eigenvalue weighted by atomic mass is 9.84. The molecule has 0 unspecified atom stereocenters. The van der Waals surface area contributed by atoms with Crippen molar-refractivity contribution in [2.45, 2.75) is 74.6 Å². The minimum Gasteiger partial charge on any atom is -0.507 e. The van der Waals surface area contributed by atoms with Crippen molar-refractivity contribution in [1.82, 2.24) is 0 Å². The minimum absolute atomic E-state index is 0.105. The number of aromatic hydroxyl groups is 1. The van der Waals surface area contributed by atoms with Crippen molar-refractivity contribution >= 4 is 23.4 Å². The van der Waals surface area contributed by atoms with Gasteiger partial charge in [0, 0.05) is 15.5 Å². The summed E-state index contributed by atoms with van der Waals surface area (Å²) >= 11 is 8.04. The topological polar surface area (TPSA) is 55.5 Å². The van der Waals surface area contributed by atoms with E-state index in [1.165, 1.54) is 11.8 Å². The first kappa shape index (κ1) is 22.9. The summed E-state index contributed by atoms with van der Waals surface area (Å²) in [6, 6.07) is 11.4. The Bertz CT molecular complexity index is 760. The maximum atomic E-state index is 10.1. The van der Waals surface area contributed by atoms with Crippen LogP contribution in [0.1, 0.15) is 58.4 Å². The molecule has 0 bridgehead atoms. The third kappa shape index (κ3) is 6.61. The molecule has 2 rings (SSSR count). The molecule has 0 aliphatic heterocycles. The summed E-state index contributed by atoms with van der Waals surface area (Å²) in [5.41, 5.74) is 7.64. The first-order valence-electron chi connectivity index (χ1n) is 10.1. The largest absolute Gasteiger partial charge is 0.507 e. The van der Waals surface area contributed by atoms with E-state index in [-0.39, 0.29) is 11.3 Å². The molecule has 0 aliphatic rings. The average molecular weight is 422 g/mol. The van der Waals surface area contributed by atoms with Crippen LogP contribution in [-0.4, -0.2) is 17.3 Å². The molecule has 0 spiro atoms. The number of phenols is 1. The quantitative estimate of drug-likeness (QED) is 0.417. The Morgan fingerprint density at radius 2 is 1.75 bits per heavy atom. The summed E-state index contributed by atoms with van der Waals surface area (Å²) < 4.78 is 5.52. The van der Waals surface area contributed by atoms with E-state index in [0.717, 1.165) is 64.7 Å². The van der Waals surface area contributed by atoms with Crippen LogP contribution in [-0.2, 0) is 6.42 Å². The monoisotopic (exact) mass is 421 g/mol. The Morgan fingerprint density at radius 3 is 2.36 bits per heavy atom. The van der Waals surface area contributed by atoms with E-state index in [9.17, 15) is 5.11 Å². The van der Waals surface area contributed by atoms with Crippen molar-refractivity contribution < 1.29 is 9.84 Å². The van der Waals surface area contributed by atoms with E-state index in [2.05, 4.69) is 26.0 Å². The molecule has 5 heteroatoms. The van der Waals surface area contributed by atoms with Crippen molar-refractivity contribution in [1.29, 1.82) is 0 Å². The third-order valence-corrected chi connectivity index (χ3v) is 6.27. The number of halogens is 1. The van der Waals surface area contributed by atoms with E-state index in [0.29, 0.717) is 6.61 Å². The SMILES string of the molecule is CCCC(N)(CCC)CCc1ccc(Sc2cc(OCC)ccc2O)cc1Cl.